The van der Waals surface area contributed by atoms with Crippen molar-refractivity contribution in [3.05, 3.63) is 28.8 Å². The molecule has 0 aliphatic carbocycles. The number of carbonyl (C=O) groups is 1. The van der Waals surface area contributed by atoms with Gasteiger partial charge in [-0.25, -0.2) is 22.9 Å². The van der Waals surface area contributed by atoms with Crippen LogP contribution in [0.1, 0.15) is 28.2 Å². The molecule has 1 aromatic rings. The number of aryl methyl sites for hydroxylation is 1. The van der Waals surface area contributed by atoms with Gasteiger partial charge in [-0.05, 0) is 13.0 Å². The van der Waals surface area contributed by atoms with Gasteiger partial charge < -0.3 is 4.74 Å². The number of alkyl halides is 2. The second kappa shape index (κ2) is 4.29. The molecular formula is C9H8F3NO2. The lowest BCUT2D eigenvalue weighted by Crippen LogP contribution is -2.09. The van der Waals surface area contributed by atoms with Gasteiger partial charge in [0.1, 0.15) is 5.69 Å². The van der Waals surface area contributed by atoms with Gasteiger partial charge >= 0.3 is 5.97 Å². The molecule has 0 unspecified atom stereocenters. The number of pyridine rings is 1. The van der Waals surface area contributed by atoms with Crippen molar-refractivity contribution in [2.75, 3.05) is 7.11 Å². The van der Waals surface area contributed by atoms with Gasteiger partial charge in [0.2, 0.25) is 0 Å². The quantitative estimate of drug-likeness (QED) is 0.716. The van der Waals surface area contributed by atoms with Gasteiger partial charge in [-0.2, -0.15) is 0 Å². The van der Waals surface area contributed by atoms with Gasteiger partial charge in [-0.15, -0.1) is 0 Å². The van der Waals surface area contributed by atoms with Crippen molar-refractivity contribution in [3.8, 4) is 0 Å². The van der Waals surface area contributed by atoms with E-state index < -0.39 is 23.9 Å². The molecule has 0 fully saturated rings. The maximum atomic E-state index is 13.0. The number of aromatic nitrogens is 1. The normalized spacial score (nSPS) is 10.5. The molecule has 0 saturated carbocycles. The van der Waals surface area contributed by atoms with Gasteiger partial charge in [-0.3, -0.25) is 0 Å². The molecular weight excluding hydrogens is 211 g/mol. The summed E-state index contributed by atoms with van der Waals surface area (Å²) in [5.74, 6) is -2.02. The van der Waals surface area contributed by atoms with Crippen LogP contribution in [0.2, 0.25) is 0 Å². The number of nitrogens with zero attached hydrogens (tertiary/aromatic N) is 1. The molecule has 3 nitrogen and oxygen atoms in total. The van der Waals surface area contributed by atoms with E-state index in [1.165, 1.54) is 6.92 Å². The first-order valence-corrected chi connectivity index (χ1v) is 4.01. The maximum Gasteiger partial charge on any atom is 0.339 e. The number of esters is 1. The van der Waals surface area contributed by atoms with Gasteiger partial charge in [0.05, 0.1) is 18.4 Å². The average Bonchev–Trinajstić information content (AvgIpc) is 2.19. The van der Waals surface area contributed by atoms with Gasteiger partial charge in [0, 0.05) is 0 Å². The molecule has 0 N–H and O–H groups in total. The molecule has 0 radical (unpaired) electrons. The summed E-state index contributed by atoms with van der Waals surface area (Å²) < 4.78 is 41.8. The Morgan fingerprint density at radius 3 is 2.60 bits per heavy atom. The number of halogens is 3. The first-order chi connectivity index (χ1) is 6.97. The van der Waals surface area contributed by atoms with E-state index in [4.69, 9.17) is 0 Å². The summed E-state index contributed by atoms with van der Waals surface area (Å²) in [4.78, 5) is 14.4. The first-order valence-electron chi connectivity index (χ1n) is 4.01. The first kappa shape index (κ1) is 11.5. The van der Waals surface area contributed by atoms with E-state index in [-0.39, 0.29) is 11.3 Å². The van der Waals surface area contributed by atoms with Crippen LogP contribution < -0.4 is 0 Å². The lowest BCUT2D eigenvalue weighted by Gasteiger charge is -2.06. The number of rotatable bonds is 2. The van der Waals surface area contributed by atoms with E-state index >= 15 is 0 Å². The zero-order valence-electron chi connectivity index (χ0n) is 8.05. The lowest BCUT2D eigenvalue weighted by atomic mass is 10.2. The summed E-state index contributed by atoms with van der Waals surface area (Å²) in [5.41, 5.74) is -1.10. The van der Waals surface area contributed by atoms with Crippen molar-refractivity contribution in [2.24, 2.45) is 0 Å². The highest BCUT2D eigenvalue weighted by Gasteiger charge is 2.20. The Labute approximate surface area is 83.9 Å². The maximum absolute atomic E-state index is 13.0. The fourth-order valence-corrected chi connectivity index (χ4v) is 1.07. The lowest BCUT2D eigenvalue weighted by molar-refractivity contribution is 0.0597. The highest BCUT2D eigenvalue weighted by molar-refractivity contribution is 5.90. The molecule has 82 valence electrons. The molecule has 1 aromatic heterocycles. The van der Waals surface area contributed by atoms with Crippen LogP contribution in [0.15, 0.2) is 6.07 Å². The number of carbonyl (C=O) groups excluding carboxylic acids is 1. The fraction of sp³-hybridized carbons (Fsp3) is 0.333. The van der Waals surface area contributed by atoms with Gasteiger partial charge in [0.15, 0.2) is 5.82 Å². The van der Waals surface area contributed by atoms with Gasteiger partial charge in [-0.1, -0.05) is 0 Å². The molecule has 0 amide bonds. The molecule has 1 heterocycles. The third kappa shape index (κ3) is 2.26. The van der Waals surface area contributed by atoms with Crippen molar-refractivity contribution >= 4 is 5.97 Å². The number of methoxy groups -OCH3 is 1. The monoisotopic (exact) mass is 219 g/mol. The second-order valence-corrected chi connectivity index (χ2v) is 2.78. The zero-order valence-corrected chi connectivity index (χ0v) is 8.05. The summed E-state index contributed by atoms with van der Waals surface area (Å²) in [6, 6.07) is 0.704. The Morgan fingerprint density at radius 1 is 1.53 bits per heavy atom. The predicted octanol–water partition coefficient (Wildman–Crippen LogP) is 2.25. The van der Waals surface area contributed by atoms with Crippen molar-refractivity contribution in [1.82, 2.24) is 4.98 Å². The Balaban J connectivity index is 3.25. The Hall–Kier alpha value is -1.59. The van der Waals surface area contributed by atoms with Crippen LogP contribution in [0.4, 0.5) is 13.2 Å². The molecule has 0 atom stereocenters. The Bertz CT molecular complexity index is 393. The molecule has 0 aliphatic heterocycles. The molecule has 0 spiro atoms. The van der Waals surface area contributed by atoms with E-state index in [0.717, 1.165) is 7.11 Å². The van der Waals surface area contributed by atoms with Crippen molar-refractivity contribution in [3.63, 3.8) is 0 Å². The summed E-state index contributed by atoms with van der Waals surface area (Å²) in [7, 11) is 1.11. The highest BCUT2D eigenvalue weighted by atomic mass is 19.3. The van der Waals surface area contributed by atoms with Crippen LogP contribution in [0.3, 0.4) is 0 Å². The van der Waals surface area contributed by atoms with E-state index in [2.05, 4.69) is 9.72 Å². The number of hydrogen-bond donors (Lipinski definition) is 0. The predicted molar refractivity (Wildman–Crippen MR) is 45.2 cm³/mol. The van der Waals surface area contributed by atoms with E-state index in [1.54, 1.807) is 0 Å². The summed E-state index contributed by atoms with van der Waals surface area (Å²) in [6.07, 6.45) is -3.00. The minimum absolute atomic E-state index is 0.0125. The minimum Gasteiger partial charge on any atom is -0.465 e. The van der Waals surface area contributed by atoms with Gasteiger partial charge in [0.25, 0.3) is 6.43 Å². The van der Waals surface area contributed by atoms with Crippen LogP contribution in [0.5, 0.6) is 0 Å². The van der Waals surface area contributed by atoms with E-state index in [9.17, 15) is 18.0 Å². The molecule has 0 saturated heterocycles. The number of ether oxygens (including phenoxy) is 1. The Kier molecular flexibility index (Phi) is 3.28. The molecule has 0 bridgehead atoms. The van der Waals surface area contributed by atoms with Crippen LogP contribution in [-0.4, -0.2) is 18.1 Å². The van der Waals surface area contributed by atoms with Crippen LogP contribution in [0, 0.1) is 12.7 Å². The molecule has 0 aromatic carbocycles. The molecule has 0 aliphatic rings. The average molecular weight is 219 g/mol. The number of hydrogen-bond acceptors (Lipinski definition) is 3. The largest absolute Gasteiger partial charge is 0.465 e. The zero-order chi connectivity index (χ0) is 11.6. The van der Waals surface area contributed by atoms with Crippen LogP contribution in [0.25, 0.3) is 0 Å². The summed E-state index contributed by atoms with van der Waals surface area (Å²) in [5, 5.41) is 0. The van der Waals surface area contributed by atoms with Crippen molar-refractivity contribution in [2.45, 2.75) is 13.3 Å². The van der Waals surface area contributed by atoms with Crippen LogP contribution >= 0.6 is 0 Å². The molecule has 1 rings (SSSR count). The molecule has 6 heteroatoms. The standard InChI is InChI=1S/C9H8F3NO2/c1-4-5(9(14)15-2)3-6(10)7(13-4)8(11)12/h3,8H,1-2H3. The topological polar surface area (TPSA) is 39.2 Å². The summed E-state index contributed by atoms with van der Waals surface area (Å²) >= 11 is 0. The van der Waals surface area contributed by atoms with Crippen molar-refractivity contribution < 1.29 is 22.7 Å². The smallest absolute Gasteiger partial charge is 0.339 e. The highest BCUT2D eigenvalue weighted by Crippen LogP contribution is 2.22. The minimum atomic E-state index is -3.00. The fourth-order valence-electron chi connectivity index (χ4n) is 1.07. The van der Waals surface area contributed by atoms with E-state index in [0.29, 0.717) is 6.07 Å². The van der Waals surface area contributed by atoms with Crippen molar-refractivity contribution in [1.29, 1.82) is 0 Å². The molecule has 15 heavy (non-hydrogen) atoms. The Morgan fingerprint density at radius 2 is 2.13 bits per heavy atom. The summed E-state index contributed by atoms with van der Waals surface area (Å²) in [6.45, 7) is 1.33. The second-order valence-electron chi connectivity index (χ2n) is 2.78. The third-order valence-electron chi connectivity index (χ3n) is 1.81. The third-order valence-corrected chi connectivity index (χ3v) is 1.81. The van der Waals surface area contributed by atoms with E-state index in [1.807, 2.05) is 0 Å². The SMILES string of the molecule is COC(=O)c1cc(F)c(C(F)F)nc1C. The van der Waals surface area contributed by atoms with Crippen LogP contribution in [-0.2, 0) is 4.74 Å².